The van der Waals surface area contributed by atoms with Crippen LogP contribution >= 0.6 is 27.3 Å². The predicted octanol–water partition coefficient (Wildman–Crippen LogP) is 4.10. The van der Waals surface area contributed by atoms with Crippen LogP contribution in [0.5, 0.6) is 0 Å². The van der Waals surface area contributed by atoms with Crippen LogP contribution in [-0.2, 0) is 0 Å². The van der Waals surface area contributed by atoms with Gasteiger partial charge in [0.25, 0.3) is 0 Å². The number of hydrogen-bond acceptors (Lipinski definition) is 3. The summed E-state index contributed by atoms with van der Waals surface area (Å²) in [7, 11) is 0. The highest BCUT2D eigenvalue weighted by atomic mass is 79.9. The van der Waals surface area contributed by atoms with Gasteiger partial charge in [-0.1, -0.05) is 22.0 Å². The molecule has 3 rings (SSSR count). The second-order valence-electron chi connectivity index (χ2n) is 3.64. The Kier molecular flexibility index (Phi) is 2.97. The van der Waals surface area contributed by atoms with Crippen molar-refractivity contribution in [2.75, 3.05) is 0 Å². The summed E-state index contributed by atoms with van der Waals surface area (Å²) in [6, 6.07) is 8.49. The fourth-order valence-electron chi connectivity index (χ4n) is 1.60. The Balaban J connectivity index is 2.03. The summed E-state index contributed by atoms with van der Waals surface area (Å²) in [6.07, 6.45) is 0. The van der Waals surface area contributed by atoms with Gasteiger partial charge in [-0.25, -0.2) is 9.37 Å². The Labute approximate surface area is 115 Å². The SMILES string of the molecule is Fc1cc(Br)cc(-c2n[nH]c(-c3cccs3)n2)c1. The van der Waals surface area contributed by atoms with E-state index in [-0.39, 0.29) is 5.82 Å². The Morgan fingerprint density at radius 1 is 1.28 bits per heavy atom. The number of hydrogen-bond donors (Lipinski definition) is 1. The molecule has 0 bridgehead atoms. The van der Waals surface area contributed by atoms with Crippen LogP contribution in [0.25, 0.3) is 22.1 Å². The van der Waals surface area contributed by atoms with Gasteiger partial charge in [-0.15, -0.1) is 11.3 Å². The summed E-state index contributed by atoms with van der Waals surface area (Å²) in [4.78, 5) is 5.37. The maximum atomic E-state index is 13.3. The first-order chi connectivity index (χ1) is 8.72. The Bertz CT molecular complexity index is 658. The van der Waals surface area contributed by atoms with Crippen molar-refractivity contribution in [2.45, 2.75) is 0 Å². The van der Waals surface area contributed by atoms with E-state index >= 15 is 0 Å². The normalized spacial score (nSPS) is 10.8. The highest BCUT2D eigenvalue weighted by molar-refractivity contribution is 9.10. The van der Waals surface area contributed by atoms with E-state index < -0.39 is 0 Å². The summed E-state index contributed by atoms with van der Waals surface area (Å²) in [6.45, 7) is 0. The van der Waals surface area contributed by atoms with Crippen LogP contribution in [0.1, 0.15) is 0 Å². The minimum Gasteiger partial charge on any atom is -0.258 e. The maximum absolute atomic E-state index is 13.3. The van der Waals surface area contributed by atoms with Crippen LogP contribution in [-0.4, -0.2) is 15.2 Å². The second kappa shape index (κ2) is 4.62. The molecule has 0 fully saturated rings. The largest absolute Gasteiger partial charge is 0.258 e. The van der Waals surface area contributed by atoms with Crippen LogP contribution < -0.4 is 0 Å². The van der Waals surface area contributed by atoms with E-state index in [1.54, 1.807) is 17.4 Å². The second-order valence-corrected chi connectivity index (χ2v) is 5.51. The summed E-state index contributed by atoms with van der Waals surface area (Å²) < 4.78 is 14.0. The van der Waals surface area contributed by atoms with Crippen molar-refractivity contribution in [1.29, 1.82) is 0 Å². The van der Waals surface area contributed by atoms with Gasteiger partial charge < -0.3 is 0 Å². The average Bonchev–Trinajstić information content (AvgIpc) is 2.99. The van der Waals surface area contributed by atoms with Crippen molar-refractivity contribution in [3.8, 4) is 22.1 Å². The minimum atomic E-state index is -0.318. The molecule has 3 nitrogen and oxygen atoms in total. The van der Waals surface area contributed by atoms with E-state index in [2.05, 4.69) is 31.1 Å². The summed E-state index contributed by atoms with van der Waals surface area (Å²) in [5.74, 6) is 0.862. The third-order valence-corrected chi connectivity index (χ3v) is 3.70. The first kappa shape index (κ1) is 11.6. The van der Waals surface area contributed by atoms with Crippen molar-refractivity contribution < 1.29 is 4.39 Å². The van der Waals surface area contributed by atoms with Gasteiger partial charge in [0.1, 0.15) is 5.82 Å². The predicted molar refractivity (Wildman–Crippen MR) is 72.8 cm³/mol. The van der Waals surface area contributed by atoms with Gasteiger partial charge in [-0.3, -0.25) is 5.10 Å². The fraction of sp³-hybridized carbons (Fsp3) is 0. The number of rotatable bonds is 2. The standard InChI is InChI=1S/C12H7BrFN3S/c13-8-4-7(5-9(14)6-8)11-15-12(17-16-11)10-2-1-3-18-10/h1-6H,(H,15,16,17). The van der Waals surface area contributed by atoms with Gasteiger partial charge in [-0.05, 0) is 29.6 Å². The molecule has 2 aromatic heterocycles. The number of thiophene rings is 1. The molecule has 0 spiro atoms. The van der Waals surface area contributed by atoms with E-state index in [9.17, 15) is 4.39 Å². The molecule has 0 atom stereocenters. The topological polar surface area (TPSA) is 41.6 Å². The number of nitrogens with one attached hydrogen (secondary N) is 1. The molecule has 0 aliphatic heterocycles. The molecule has 0 radical (unpaired) electrons. The van der Waals surface area contributed by atoms with Crippen molar-refractivity contribution in [3.63, 3.8) is 0 Å². The molecule has 0 aliphatic carbocycles. The number of halogens is 2. The molecule has 3 aromatic rings. The Hall–Kier alpha value is -1.53. The number of aromatic nitrogens is 3. The fourth-order valence-corrected chi connectivity index (χ4v) is 2.73. The van der Waals surface area contributed by atoms with Gasteiger partial charge in [0.05, 0.1) is 4.88 Å². The molecule has 0 saturated carbocycles. The lowest BCUT2D eigenvalue weighted by atomic mass is 10.2. The molecule has 2 heterocycles. The number of nitrogens with zero attached hydrogens (tertiary/aromatic N) is 2. The van der Waals surface area contributed by atoms with Gasteiger partial charge in [-0.2, -0.15) is 5.10 Å². The third kappa shape index (κ3) is 2.21. The van der Waals surface area contributed by atoms with E-state index in [1.165, 1.54) is 12.1 Å². The van der Waals surface area contributed by atoms with Crippen molar-refractivity contribution in [1.82, 2.24) is 15.2 Å². The monoisotopic (exact) mass is 323 g/mol. The number of H-pyrrole nitrogens is 1. The zero-order chi connectivity index (χ0) is 12.5. The Morgan fingerprint density at radius 3 is 2.89 bits per heavy atom. The van der Waals surface area contributed by atoms with E-state index in [0.29, 0.717) is 21.7 Å². The molecule has 90 valence electrons. The van der Waals surface area contributed by atoms with Gasteiger partial charge >= 0.3 is 0 Å². The van der Waals surface area contributed by atoms with Crippen LogP contribution in [0.2, 0.25) is 0 Å². The smallest absolute Gasteiger partial charge is 0.181 e. The molecular formula is C12H7BrFN3S. The number of benzene rings is 1. The summed E-state index contributed by atoms with van der Waals surface area (Å²) >= 11 is 4.83. The van der Waals surface area contributed by atoms with E-state index in [1.807, 2.05) is 17.5 Å². The molecule has 0 saturated heterocycles. The maximum Gasteiger partial charge on any atom is 0.181 e. The zero-order valence-electron chi connectivity index (χ0n) is 9.02. The van der Waals surface area contributed by atoms with Gasteiger partial charge in [0.2, 0.25) is 0 Å². The lowest BCUT2D eigenvalue weighted by Crippen LogP contribution is -1.83. The molecular weight excluding hydrogens is 317 g/mol. The first-order valence-corrected chi connectivity index (χ1v) is 6.82. The van der Waals surface area contributed by atoms with Crippen molar-refractivity contribution >= 4 is 27.3 Å². The van der Waals surface area contributed by atoms with E-state index in [0.717, 1.165) is 4.88 Å². The minimum absolute atomic E-state index is 0.318. The van der Waals surface area contributed by atoms with Crippen molar-refractivity contribution in [3.05, 3.63) is 46.0 Å². The van der Waals surface area contributed by atoms with Gasteiger partial charge in [0.15, 0.2) is 11.6 Å². The average molecular weight is 324 g/mol. The van der Waals surface area contributed by atoms with Crippen LogP contribution in [0.3, 0.4) is 0 Å². The highest BCUT2D eigenvalue weighted by Gasteiger charge is 2.09. The molecule has 0 aliphatic rings. The highest BCUT2D eigenvalue weighted by Crippen LogP contribution is 2.25. The molecule has 1 N–H and O–H groups in total. The number of aromatic amines is 1. The summed E-state index contributed by atoms with van der Waals surface area (Å²) in [5, 5.41) is 8.93. The van der Waals surface area contributed by atoms with Gasteiger partial charge in [0, 0.05) is 10.0 Å². The molecule has 6 heteroatoms. The van der Waals surface area contributed by atoms with E-state index in [4.69, 9.17) is 0 Å². The Morgan fingerprint density at radius 2 is 2.17 bits per heavy atom. The molecule has 18 heavy (non-hydrogen) atoms. The first-order valence-electron chi connectivity index (χ1n) is 5.15. The summed E-state index contributed by atoms with van der Waals surface area (Å²) in [5.41, 5.74) is 0.640. The lowest BCUT2D eigenvalue weighted by molar-refractivity contribution is 0.627. The third-order valence-electron chi connectivity index (χ3n) is 2.36. The zero-order valence-corrected chi connectivity index (χ0v) is 11.4. The quantitative estimate of drug-likeness (QED) is 0.771. The lowest BCUT2D eigenvalue weighted by Gasteiger charge is -1.97. The molecule has 0 unspecified atom stereocenters. The molecule has 1 aromatic carbocycles. The van der Waals surface area contributed by atoms with Crippen LogP contribution in [0.15, 0.2) is 40.2 Å². The van der Waals surface area contributed by atoms with Crippen LogP contribution in [0, 0.1) is 5.82 Å². The molecule has 0 amide bonds. The van der Waals surface area contributed by atoms with Crippen molar-refractivity contribution in [2.24, 2.45) is 0 Å². The van der Waals surface area contributed by atoms with Crippen LogP contribution in [0.4, 0.5) is 4.39 Å².